The predicted molar refractivity (Wildman–Crippen MR) is 72.4 cm³/mol. The van der Waals surface area contributed by atoms with E-state index in [-0.39, 0.29) is 16.8 Å². The lowest BCUT2D eigenvalue weighted by Gasteiger charge is -2.17. The molecular weight excluding hydrogens is 257 g/mol. The molecule has 17 heavy (non-hydrogen) atoms. The van der Waals surface area contributed by atoms with E-state index in [4.69, 9.17) is 29.6 Å². The fourth-order valence-electron chi connectivity index (χ4n) is 1.46. The van der Waals surface area contributed by atoms with Gasteiger partial charge in [0.25, 0.3) is 0 Å². The molecule has 0 radical (unpaired) electrons. The summed E-state index contributed by atoms with van der Waals surface area (Å²) in [4.78, 5) is 0. The Bertz CT molecular complexity index is 438. The van der Waals surface area contributed by atoms with Gasteiger partial charge in [-0.25, -0.2) is 0 Å². The van der Waals surface area contributed by atoms with Gasteiger partial charge in [0.2, 0.25) is 0 Å². The van der Waals surface area contributed by atoms with E-state index in [1.807, 2.05) is 13.8 Å². The number of rotatable bonds is 4. The quantitative estimate of drug-likeness (QED) is 0.823. The van der Waals surface area contributed by atoms with Gasteiger partial charge in [0.1, 0.15) is 5.75 Å². The summed E-state index contributed by atoms with van der Waals surface area (Å²) in [6.07, 6.45) is 5.41. The van der Waals surface area contributed by atoms with Crippen LogP contribution in [0.1, 0.15) is 19.4 Å². The average molecular weight is 272 g/mol. The number of nitrogens with one attached hydrogen (secondary N) is 1. The number of hydrogen-bond donors (Lipinski definition) is 2. The zero-order valence-electron chi connectivity index (χ0n) is 9.80. The first-order chi connectivity index (χ1) is 7.95. The smallest absolute Gasteiger partial charge is 0.138 e. The largest absolute Gasteiger partial charge is 0.506 e. The van der Waals surface area contributed by atoms with Crippen LogP contribution in [0.3, 0.4) is 0 Å². The molecular formula is C13H15Cl2NO. The van der Waals surface area contributed by atoms with Crippen LogP contribution in [0.15, 0.2) is 12.1 Å². The molecule has 0 aliphatic rings. The van der Waals surface area contributed by atoms with Crippen LogP contribution < -0.4 is 5.32 Å². The van der Waals surface area contributed by atoms with Gasteiger partial charge in [0.15, 0.2) is 0 Å². The van der Waals surface area contributed by atoms with Crippen LogP contribution in [0.2, 0.25) is 10.0 Å². The number of hydrogen-bond acceptors (Lipinski definition) is 2. The number of halogens is 2. The van der Waals surface area contributed by atoms with Crippen molar-refractivity contribution in [1.29, 1.82) is 0 Å². The van der Waals surface area contributed by atoms with Crippen molar-refractivity contribution < 1.29 is 5.11 Å². The molecule has 0 bridgehead atoms. The highest BCUT2D eigenvalue weighted by Gasteiger charge is 2.12. The van der Waals surface area contributed by atoms with Gasteiger partial charge in [0, 0.05) is 17.1 Å². The number of terminal acetylenes is 1. The van der Waals surface area contributed by atoms with E-state index in [1.54, 1.807) is 6.07 Å². The lowest BCUT2D eigenvalue weighted by Crippen LogP contribution is -2.31. The molecule has 92 valence electrons. The van der Waals surface area contributed by atoms with Crippen LogP contribution in [-0.2, 0) is 6.54 Å². The molecule has 2 nitrogen and oxygen atoms in total. The summed E-state index contributed by atoms with van der Waals surface area (Å²) in [6.45, 7) is 4.49. The normalized spacial score (nSPS) is 12.5. The summed E-state index contributed by atoms with van der Waals surface area (Å²) >= 11 is 11.7. The van der Waals surface area contributed by atoms with Crippen LogP contribution in [0, 0.1) is 18.3 Å². The summed E-state index contributed by atoms with van der Waals surface area (Å²) in [7, 11) is 0. The maximum Gasteiger partial charge on any atom is 0.138 e. The van der Waals surface area contributed by atoms with Crippen molar-refractivity contribution in [2.24, 2.45) is 5.92 Å². The second-order valence-corrected chi connectivity index (χ2v) is 5.01. The Morgan fingerprint density at radius 1 is 1.41 bits per heavy atom. The zero-order valence-corrected chi connectivity index (χ0v) is 11.3. The minimum Gasteiger partial charge on any atom is -0.506 e. The minimum atomic E-state index is -0.0489. The lowest BCUT2D eigenvalue weighted by molar-refractivity contribution is 0.446. The van der Waals surface area contributed by atoms with Gasteiger partial charge in [-0.2, -0.15) is 0 Å². The van der Waals surface area contributed by atoms with Gasteiger partial charge >= 0.3 is 0 Å². The molecule has 0 saturated heterocycles. The second kappa shape index (κ2) is 6.16. The van der Waals surface area contributed by atoms with E-state index in [9.17, 15) is 5.11 Å². The van der Waals surface area contributed by atoms with Crippen molar-refractivity contribution in [1.82, 2.24) is 5.32 Å². The Morgan fingerprint density at radius 3 is 2.59 bits per heavy atom. The molecule has 1 unspecified atom stereocenters. The van der Waals surface area contributed by atoms with E-state index in [2.05, 4.69) is 11.2 Å². The Kier molecular flexibility index (Phi) is 5.14. The summed E-state index contributed by atoms with van der Waals surface area (Å²) < 4.78 is 0. The Hall–Kier alpha value is -0.880. The second-order valence-electron chi connectivity index (χ2n) is 4.16. The Morgan fingerprint density at radius 2 is 2.06 bits per heavy atom. The minimum absolute atomic E-state index is 0.0445. The molecule has 1 aromatic carbocycles. The van der Waals surface area contributed by atoms with Crippen molar-refractivity contribution in [3.63, 3.8) is 0 Å². The fourth-order valence-corrected chi connectivity index (χ4v) is 2.00. The van der Waals surface area contributed by atoms with Gasteiger partial charge in [-0.15, -0.1) is 6.42 Å². The van der Waals surface area contributed by atoms with Crippen molar-refractivity contribution in [2.45, 2.75) is 26.4 Å². The van der Waals surface area contributed by atoms with Crippen molar-refractivity contribution in [3.05, 3.63) is 27.7 Å². The highest BCUT2D eigenvalue weighted by Crippen LogP contribution is 2.31. The lowest BCUT2D eigenvalue weighted by atomic mass is 10.0. The highest BCUT2D eigenvalue weighted by atomic mass is 35.5. The molecule has 0 aliphatic heterocycles. The summed E-state index contributed by atoms with van der Waals surface area (Å²) in [6, 6.07) is 3.12. The monoisotopic (exact) mass is 271 g/mol. The van der Waals surface area contributed by atoms with Crippen LogP contribution in [0.4, 0.5) is 0 Å². The highest BCUT2D eigenvalue weighted by molar-refractivity contribution is 6.35. The van der Waals surface area contributed by atoms with Crippen molar-refractivity contribution in [2.75, 3.05) is 0 Å². The Labute approximate surface area is 112 Å². The fraction of sp³-hybridized carbons (Fsp3) is 0.385. The molecule has 0 spiro atoms. The molecule has 0 aliphatic carbocycles. The van der Waals surface area contributed by atoms with E-state index < -0.39 is 0 Å². The summed E-state index contributed by atoms with van der Waals surface area (Å²) in [5.41, 5.74) is 0.642. The van der Waals surface area contributed by atoms with Gasteiger partial charge in [-0.3, -0.25) is 5.32 Å². The molecule has 1 atom stereocenters. The van der Waals surface area contributed by atoms with Gasteiger partial charge in [-0.1, -0.05) is 43.0 Å². The number of phenolic OH excluding ortho intramolecular Hbond substituents is 1. The van der Waals surface area contributed by atoms with Crippen molar-refractivity contribution >= 4 is 23.2 Å². The molecule has 1 rings (SSSR count). The van der Waals surface area contributed by atoms with Crippen LogP contribution in [0.25, 0.3) is 0 Å². The molecule has 0 amide bonds. The van der Waals surface area contributed by atoms with Gasteiger partial charge in [0.05, 0.1) is 11.1 Å². The molecule has 0 aromatic heterocycles. The maximum atomic E-state index is 9.76. The number of phenols is 1. The maximum absolute atomic E-state index is 9.76. The van der Waals surface area contributed by atoms with Crippen LogP contribution in [0.5, 0.6) is 5.75 Å². The molecule has 2 N–H and O–H groups in total. The topological polar surface area (TPSA) is 32.3 Å². The SMILES string of the molecule is C#CC(NCc1cc(Cl)cc(Cl)c1O)C(C)C. The first-order valence-corrected chi connectivity index (χ1v) is 6.07. The van der Waals surface area contributed by atoms with Crippen molar-refractivity contribution in [3.8, 4) is 18.1 Å². The summed E-state index contributed by atoms with van der Waals surface area (Å²) in [5, 5.41) is 13.7. The van der Waals surface area contributed by atoms with E-state index in [0.29, 0.717) is 23.0 Å². The third kappa shape index (κ3) is 3.81. The van der Waals surface area contributed by atoms with Gasteiger partial charge < -0.3 is 5.11 Å². The third-order valence-electron chi connectivity index (χ3n) is 2.47. The van der Waals surface area contributed by atoms with Crippen LogP contribution >= 0.6 is 23.2 Å². The molecule has 1 aromatic rings. The van der Waals surface area contributed by atoms with Crippen LogP contribution in [-0.4, -0.2) is 11.1 Å². The predicted octanol–water partition coefficient (Wildman–Crippen LogP) is 3.45. The Balaban J connectivity index is 2.79. The number of aromatic hydroxyl groups is 1. The average Bonchev–Trinajstić information content (AvgIpc) is 2.25. The first-order valence-electron chi connectivity index (χ1n) is 5.32. The molecule has 0 heterocycles. The van der Waals surface area contributed by atoms with E-state index in [0.717, 1.165) is 0 Å². The number of benzene rings is 1. The zero-order chi connectivity index (χ0) is 13.0. The van der Waals surface area contributed by atoms with E-state index >= 15 is 0 Å². The molecule has 0 saturated carbocycles. The third-order valence-corrected chi connectivity index (χ3v) is 2.97. The first kappa shape index (κ1) is 14.2. The van der Waals surface area contributed by atoms with E-state index in [1.165, 1.54) is 6.07 Å². The summed E-state index contributed by atoms with van der Waals surface area (Å²) in [5.74, 6) is 3.02. The van der Waals surface area contributed by atoms with Gasteiger partial charge in [-0.05, 0) is 18.1 Å². The standard InChI is InChI=1S/C13H15Cl2NO/c1-4-12(8(2)3)16-7-9-5-10(14)6-11(15)13(9)17/h1,5-6,8,12,16-17H,7H2,2-3H3. The molecule has 0 fully saturated rings. The molecule has 4 heteroatoms.